The molecule has 1 spiro atoms. The van der Waals surface area contributed by atoms with E-state index in [0.717, 1.165) is 36.5 Å². The largest absolute Gasteiger partial charge is 0.497 e. The van der Waals surface area contributed by atoms with E-state index in [2.05, 4.69) is 6.92 Å². The van der Waals surface area contributed by atoms with E-state index in [9.17, 15) is 9.59 Å². The van der Waals surface area contributed by atoms with E-state index in [1.165, 1.54) is 64.2 Å². The summed E-state index contributed by atoms with van der Waals surface area (Å²) in [5.41, 5.74) is -0.589. The number of fused-ring (bicyclic) bond motifs is 1. The Hall–Kier alpha value is -2.04. The van der Waals surface area contributed by atoms with Crippen molar-refractivity contribution in [3.8, 4) is 5.75 Å². The molecule has 2 saturated heterocycles. The number of hydrogen-bond donors (Lipinski definition) is 0. The lowest BCUT2D eigenvalue weighted by atomic mass is 9.72. The molecular weight excluding hydrogens is 438 g/mol. The smallest absolute Gasteiger partial charge is 0.337 e. The maximum absolute atomic E-state index is 14.2. The molecule has 0 radical (unpaired) electrons. The number of amides is 1. The van der Waals surface area contributed by atoms with Crippen molar-refractivity contribution in [1.82, 2.24) is 4.90 Å². The SMILES string of the molecule is COc1ccc(CN2C(=O)[C@H](CC3CCCCC3)[C@]3(CCC4CCCCC4)C24C(=O)O[C@]43C)cc1. The maximum atomic E-state index is 14.2. The number of carbonyl (C=O) groups excluding carboxylic acids is 2. The summed E-state index contributed by atoms with van der Waals surface area (Å²) < 4.78 is 11.3. The molecule has 0 bridgehead atoms. The summed E-state index contributed by atoms with van der Waals surface area (Å²) in [5.74, 6) is 2.08. The average Bonchev–Trinajstić information content (AvgIpc) is 3.16. The summed E-state index contributed by atoms with van der Waals surface area (Å²) in [4.78, 5) is 29.5. The van der Waals surface area contributed by atoms with Gasteiger partial charge in [-0.15, -0.1) is 0 Å². The Bertz CT molecular complexity index is 979. The number of methoxy groups -OCH3 is 1. The van der Waals surface area contributed by atoms with Crippen LogP contribution in [0.25, 0.3) is 0 Å². The summed E-state index contributed by atoms with van der Waals surface area (Å²) in [7, 11) is 1.66. The first-order valence-corrected chi connectivity index (χ1v) is 14.2. The number of hydrogen-bond acceptors (Lipinski definition) is 4. The summed E-state index contributed by atoms with van der Waals surface area (Å²) in [6.07, 6.45) is 15.9. The highest BCUT2D eigenvalue weighted by Gasteiger charge is 3.05. The number of rotatable bonds is 8. The van der Waals surface area contributed by atoms with Crippen molar-refractivity contribution in [3.05, 3.63) is 29.8 Å². The van der Waals surface area contributed by atoms with Gasteiger partial charge in [0.1, 0.15) is 5.75 Å². The number of esters is 1. The molecule has 0 N–H and O–H groups in total. The molecule has 5 fully saturated rings. The number of nitrogens with zero attached hydrogens (tertiary/aromatic N) is 1. The van der Waals surface area contributed by atoms with Gasteiger partial charge < -0.3 is 14.4 Å². The standard InChI is InChI=1S/C30H41NO4/c1-28-29(18-17-21-9-5-3-6-10-21)25(19-22-11-7-4-8-12-22)26(32)31(30(28,29)27(33)35-28)20-23-13-15-24(34-2)16-14-23/h13-16,21-22,25H,3-12,17-20H2,1-2H3/t25-,28-,29-,30?/m0/s1. The minimum atomic E-state index is -0.759. The molecular formula is C30H41NO4. The maximum Gasteiger partial charge on any atom is 0.337 e. The third kappa shape index (κ3) is 3.12. The van der Waals surface area contributed by atoms with Crippen LogP contribution >= 0.6 is 0 Å². The topological polar surface area (TPSA) is 55.8 Å². The van der Waals surface area contributed by atoms with Crippen LogP contribution in [-0.2, 0) is 20.9 Å². The molecule has 2 heterocycles. The second kappa shape index (κ2) is 8.52. The molecule has 3 saturated carbocycles. The molecule has 5 heteroatoms. The number of piperidine rings is 1. The fraction of sp³-hybridized carbons (Fsp3) is 0.733. The van der Waals surface area contributed by atoms with Crippen molar-refractivity contribution < 1.29 is 19.1 Å². The average molecular weight is 480 g/mol. The van der Waals surface area contributed by atoms with E-state index in [0.29, 0.717) is 12.5 Å². The van der Waals surface area contributed by atoms with Gasteiger partial charge in [-0.2, -0.15) is 0 Å². The molecule has 6 rings (SSSR count). The van der Waals surface area contributed by atoms with Crippen molar-refractivity contribution in [3.63, 3.8) is 0 Å². The molecule has 1 aromatic carbocycles. The van der Waals surface area contributed by atoms with Crippen LogP contribution in [0, 0.1) is 23.2 Å². The van der Waals surface area contributed by atoms with Gasteiger partial charge in [0.05, 0.1) is 18.4 Å². The summed E-state index contributed by atoms with van der Waals surface area (Å²) >= 11 is 0. The van der Waals surface area contributed by atoms with E-state index in [-0.39, 0.29) is 23.2 Å². The first-order chi connectivity index (χ1) is 17.0. The number of likely N-dealkylation sites (tertiary alicyclic amines) is 1. The van der Waals surface area contributed by atoms with Gasteiger partial charge in [-0.1, -0.05) is 76.3 Å². The van der Waals surface area contributed by atoms with Crippen LogP contribution in [-0.4, -0.2) is 35.0 Å². The van der Waals surface area contributed by atoms with Crippen LogP contribution in [0.15, 0.2) is 24.3 Å². The molecule has 3 aliphatic carbocycles. The predicted molar refractivity (Wildman–Crippen MR) is 134 cm³/mol. The second-order valence-corrected chi connectivity index (χ2v) is 12.2. The van der Waals surface area contributed by atoms with E-state index in [4.69, 9.17) is 9.47 Å². The normalized spacial score (nSPS) is 36.9. The van der Waals surface area contributed by atoms with E-state index in [1.54, 1.807) is 7.11 Å². The molecule has 1 unspecified atom stereocenters. The molecule has 35 heavy (non-hydrogen) atoms. The highest BCUT2D eigenvalue weighted by Crippen LogP contribution is 2.85. The fourth-order valence-corrected chi connectivity index (χ4v) is 8.95. The van der Waals surface area contributed by atoms with Gasteiger partial charge in [0.2, 0.25) is 5.91 Å². The minimum Gasteiger partial charge on any atom is -0.497 e. The highest BCUT2D eigenvalue weighted by atomic mass is 16.6. The highest BCUT2D eigenvalue weighted by molar-refractivity contribution is 6.08. The quantitative estimate of drug-likeness (QED) is 0.427. The molecule has 1 aromatic rings. The Morgan fingerprint density at radius 1 is 0.943 bits per heavy atom. The monoisotopic (exact) mass is 479 g/mol. The number of carbonyl (C=O) groups is 2. The van der Waals surface area contributed by atoms with Crippen molar-refractivity contribution in [2.24, 2.45) is 23.2 Å². The van der Waals surface area contributed by atoms with Crippen LogP contribution in [0.1, 0.15) is 96.0 Å². The van der Waals surface area contributed by atoms with Gasteiger partial charge in [0.25, 0.3) is 0 Å². The lowest BCUT2D eigenvalue weighted by Crippen LogP contribution is -2.60. The van der Waals surface area contributed by atoms with E-state index >= 15 is 0 Å². The number of benzene rings is 1. The molecule has 1 amide bonds. The molecule has 4 atom stereocenters. The van der Waals surface area contributed by atoms with Crippen molar-refractivity contribution in [1.29, 1.82) is 0 Å². The van der Waals surface area contributed by atoms with Crippen molar-refractivity contribution in [2.45, 2.75) is 108 Å². The Morgan fingerprint density at radius 2 is 1.57 bits per heavy atom. The van der Waals surface area contributed by atoms with Gasteiger partial charge in [-0.3, -0.25) is 4.79 Å². The van der Waals surface area contributed by atoms with Crippen molar-refractivity contribution in [2.75, 3.05) is 7.11 Å². The van der Waals surface area contributed by atoms with Gasteiger partial charge >= 0.3 is 5.97 Å². The summed E-state index contributed by atoms with van der Waals surface area (Å²) in [5, 5.41) is 0. The van der Waals surface area contributed by atoms with Crippen LogP contribution in [0.4, 0.5) is 0 Å². The Balaban J connectivity index is 1.33. The van der Waals surface area contributed by atoms with E-state index < -0.39 is 11.1 Å². The zero-order valence-corrected chi connectivity index (χ0v) is 21.5. The molecule has 5 aliphatic rings. The Kier molecular flexibility index (Phi) is 5.69. The summed E-state index contributed by atoms with van der Waals surface area (Å²) in [6, 6.07) is 7.92. The lowest BCUT2D eigenvalue weighted by Gasteiger charge is -2.40. The Labute approximate surface area is 209 Å². The second-order valence-electron chi connectivity index (χ2n) is 12.2. The van der Waals surface area contributed by atoms with Gasteiger partial charge in [0.15, 0.2) is 11.1 Å². The van der Waals surface area contributed by atoms with Crippen LogP contribution in [0.3, 0.4) is 0 Å². The minimum absolute atomic E-state index is 0.0936. The Morgan fingerprint density at radius 3 is 2.17 bits per heavy atom. The zero-order chi connectivity index (χ0) is 24.3. The first kappa shape index (κ1) is 23.4. The van der Waals surface area contributed by atoms with Crippen molar-refractivity contribution >= 4 is 11.9 Å². The molecule has 0 aromatic heterocycles. The first-order valence-electron chi connectivity index (χ1n) is 14.2. The lowest BCUT2D eigenvalue weighted by molar-refractivity contribution is -0.191. The van der Waals surface area contributed by atoms with E-state index in [1.807, 2.05) is 29.2 Å². The van der Waals surface area contributed by atoms with Crippen LogP contribution in [0.2, 0.25) is 0 Å². The zero-order valence-electron chi connectivity index (χ0n) is 21.5. The van der Waals surface area contributed by atoms with Gasteiger partial charge in [-0.25, -0.2) is 4.79 Å². The molecule has 190 valence electrons. The summed E-state index contributed by atoms with van der Waals surface area (Å²) in [6.45, 7) is 2.61. The third-order valence-corrected chi connectivity index (χ3v) is 10.7. The molecule has 2 aliphatic heterocycles. The molecule has 5 nitrogen and oxygen atoms in total. The van der Waals surface area contributed by atoms with Crippen LogP contribution < -0.4 is 4.74 Å². The van der Waals surface area contributed by atoms with Crippen LogP contribution in [0.5, 0.6) is 5.75 Å². The number of ether oxygens (including phenoxy) is 2. The third-order valence-electron chi connectivity index (χ3n) is 10.7. The van der Waals surface area contributed by atoms with Gasteiger partial charge in [0, 0.05) is 6.54 Å². The van der Waals surface area contributed by atoms with Gasteiger partial charge in [-0.05, 0) is 55.7 Å². The fourth-order valence-electron chi connectivity index (χ4n) is 8.95. The predicted octanol–water partition coefficient (Wildman–Crippen LogP) is 6.04.